The van der Waals surface area contributed by atoms with Gasteiger partial charge < -0.3 is 4.90 Å². The fourth-order valence-corrected chi connectivity index (χ4v) is 5.16. The SMILES string of the molecule is CC(C)c1cc(F)cc(C(C)C)c1CC(=O)CS(=O)(=O)c1cc(C(C)N(C)C)n(C(C)C)n1. The maximum atomic E-state index is 14.2. The Bertz CT molecular complexity index is 1070. The van der Waals surface area contributed by atoms with Crippen molar-refractivity contribution in [1.82, 2.24) is 14.7 Å². The minimum atomic E-state index is -3.92. The quantitative estimate of drug-likeness (QED) is 0.476. The van der Waals surface area contributed by atoms with E-state index in [2.05, 4.69) is 5.10 Å². The number of Topliss-reactive ketones (excluding diaryl/α,β-unsaturated/α-hetero) is 1. The molecule has 1 unspecified atom stereocenters. The number of hydrogen-bond donors (Lipinski definition) is 0. The van der Waals surface area contributed by atoms with Crippen molar-refractivity contribution in [2.45, 2.75) is 83.8 Å². The summed E-state index contributed by atoms with van der Waals surface area (Å²) < 4.78 is 42.2. The lowest BCUT2D eigenvalue weighted by Gasteiger charge is -2.22. The van der Waals surface area contributed by atoms with E-state index in [0.717, 1.165) is 22.4 Å². The summed E-state index contributed by atoms with van der Waals surface area (Å²) in [7, 11) is -0.0865. The molecule has 0 aliphatic rings. The lowest BCUT2D eigenvalue weighted by molar-refractivity contribution is -0.116. The van der Waals surface area contributed by atoms with Crippen LogP contribution in [0, 0.1) is 5.82 Å². The van der Waals surface area contributed by atoms with Crippen LogP contribution in [0.5, 0.6) is 0 Å². The van der Waals surface area contributed by atoms with E-state index in [1.54, 1.807) is 10.7 Å². The van der Waals surface area contributed by atoms with Crippen molar-refractivity contribution < 1.29 is 17.6 Å². The lowest BCUT2D eigenvalue weighted by atomic mass is 9.86. The van der Waals surface area contributed by atoms with E-state index in [-0.39, 0.29) is 41.2 Å². The van der Waals surface area contributed by atoms with Crippen LogP contribution < -0.4 is 0 Å². The van der Waals surface area contributed by atoms with Gasteiger partial charge in [0, 0.05) is 24.6 Å². The van der Waals surface area contributed by atoms with Crippen molar-refractivity contribution >= 4 is 15.6 Å². The Morgan fingerprint density at radius 3 is 1.94 bits per heavy atom. The second-order valence-electron chi connectivity index (χ2n) is 9.93. The van der Waals surface area contributed by atoms with Crippen molar-refractivity contribution in [2.24, 2.45) is 0 Å². The molecule has 0 radical (unpaired) electrons. The predicted octanol–water partition coefficient (Wildman–Crippen LogP) is 5.06. The van der Waals surface area contributed by atoms with Crippen molar-refractivity contribution in [3.8, 4) is 0 Å². The van der Waals surface area contributed by atoms with Gasteiger partial charge in [-0.2, -0.15) is 5.10 Å². The molecule has 0 saturated heterocycles. The van der Waals surface area contributed by atoms with Crippen molar-refractivity contribution in [3.05, 3.63) is 46.4 Å². The predicted molar refractivity (Wildman–Crippen MR) is 130 cm³/mol. The molecule has 6 nitrogen and oxygen atoms in total. The van der Waals surface area contributed by atoms with Crippen LogP contribution in [0.1, 0.15) is 94.8 Å². The Balaban J connectivity index is 2.40. The number of ketones is 1. The van der Waals surface area contributed by atoms with E-state index >= 15 is 0 Å². The van der Waals surface area contributed by atoms with Crippen LogP contribution in [-0.4, -0.2) is 48.7 Å². The number of halogens is 1. The van der Waals surface area contributed by atoms with Crippen molar-refractivity contribution in [3.63, 3.8) is 0 Å². The van der Waals surface area contributed by atoms with E-state index in [9.17, 15) is 17.6 Å². The molecule has 0 saturated carbocycles. The van der Waals surface area contributed by atoms with Gasteiger partial charge in [0.15, 0.2) is 10.8 Å². The van der Waals surface area contributed by atoms with E-state index in [4.69, 9.17) is 0 Å². The zero-order valence-electron chi connectivity index (χ0n) is 21.3. The van der Waals surface area contributed by atoms with Crippen molar-refractivity contribution in [1.29, 1.82) is 0 Å². The fraction of sp³-hybridized carbons (Fsp3) is 0.600. The highest BCUT2D eigenvalue weighted by atomic mass is 32.2. The van der Waals surface area contributed by atoms with Crippen LogP contribution in [0.4, 0.5) is 4.39 Å². The highest BCUT2D eigenvalue weighted by Gasteiger charge is 2.28. The van der Waals surface area contributed by atoms with Crippen LogP contribution >= 0.6 is 0 Å². The number of benzene rings is 1. The standard InChI is InChI=1S/C25H38FN3O3S/c1-15(2)21-10-19(26)11-22(16(3)4)23(21)12-20(30)14-33(31,32)25-13-24(18(7)28(8)9)29(27-25)17(5)6/h10-11,13,15-18H,12,14H2,1-9H3. The summed E-state index contributed by atoms with van der Waals surface area (Å²) in [5, 5.41) is 4.27. The third-order valence-electron chi connectivity index (χ3n) is 6.01. The van der Waals surface area contributed by atoms with Gasteiger partial charge in [-0.25, -0.2) is 12.8 Å². The number of carbonyl (C=O) groups excluding carboxylic acids is 1. The maximum Gasteiger partial charge on any atom is 0.204 e. The first kappa shape index (κ1) is 27.2. The Kier molecular flexibility index (Phi) is 8.63. The van der Waals surface area contributed by atoms with Crippen LogP contribution in [0.3, 0.4) is 0 Å². The molecule has 0 fully saturated rings. The molecule has 0 aliphatic carbocycles. The van der Waals surface area contributed by atoms with E-state index in [1.807, 2.05) is 67.5 Å². The third kappa shape index (κ3) is 6.29. The summed E-state index contributed by atoms with van der Waals surface area (Å²) in [6.45, 7) is 13.6. The first-order valence-corrected chi connectivity index (χ1v) is 13.1. The summed E-state index contributed by atoms with van der Waals surface area (Å²) in [6.07, 6.45) is -0.0492. The van der Waals surface area contributed by atoms with Gasteiger partial charge in [-0.15, -0.1) is 0 Å². The van der Waals surface area contributed by atoms with E-state index in [1.165, 1.54) is 12.1 Å². The largest absolute Gasteiger partial charge is 0.301 e. The number of rotatable bonds is 10. The van der Waals surface area contributed by atoms with Gasteiger partial charge in [-0.3, -0.25) is 9.48 Å². The number of carbonyl (C=O) groups is 1. The average Bonchev–Trinajstić information content (AvgIpc) is 3.14. The van der Waals surface area contributed by atoms with Gasteiger partial charge in [0.25, 0.3) is 0 Å². The maximum absolute atomic E-state index is 14.2. The minimum absolute atomic E-state index is 0.00873. The summed E-state index contributed by atoms with van der Waals surface area (Å²) in [4.78, 5) is 15.0. The fourth-order valence-electron chi connectivity index (χ4n) is 3.98. The molecule has 8 heteroatoms. The molecule has 0 bridgehead atoms. The molecule has 2 rings (SSSR count). The zero-order valence-corrected chi connectivity index (χ0v) is 22.1. The normalized spacial score (nSPS) is 13.5. The molecular weight excluding hydrogens is 441 g/mol. The molecule has 0 N–H and O–H groups in total. The highest BCUT2D eigenvalue weighted by molar-refractivity contribution is 7.92. The van der Waals surface area contributed by atoms with Crippen molar-refractivity contribution in [2.75, 3.05) is 19.8 Å². The van der Waals surface area contributed by atoms with Crippen LogP contribution in [0.2, 0.25) is 0 Å². The molecule has 1 aromatic carbocycles. The lowest BCUT2D eigenvalue weighted by Crippen LogP contribution is -2.21. The van der Waals surface area contributed by atoms with Gasteiger partial charge in [0.1, 0.15) is 11.6 Å². The Morgan fingerprint density at radius 2 is 1.52 bits per heavy atom. The minimum Gasteiger partial charge on any atom is -0.301 e. The molecule has 0 aliphatic heterocycles. The number of sulfone groups is 1. The third-order valence-corrected chi connectivity index (χ3v) is 7.54. The molecule has 184 valence electrons. The first-order valence-electron chi connectivity index (χ1n) is 11.5. The van der Waals surface area contributed by atoms with Crippen LogP contribution in [-0.2, 0) is 21.1 Å². The monoisotopic (exact) mass is 479 g/mol. The summed E-state index contributed by atoms with van der Waals surface area (Å²) >= 11 is 0. The smallest absolute Gasteiger partial charge is 0.204 e. The molecular formula is C25H38FN3O3S. The highest BCUT2D eigenvalue weighted by Crippen LogP contribution is 2.30. The Labute approximate surface area is 198 Å². The van der Waals surface area contributed by atoms with E-state index in [0.29, 0.717) is 0 Å². The zero-order chi connectivity index (χ0) is 25.2. The first-order chi connectivity index (χ1) is 15.2. The number of nitrogens with zero attached hydrogens (tertiary/aromatic N) is 3. The molecule has 1 heterocycles. The molecule has 2 aromatic rings. The average molecular weight is 480 g/mol. The van der Waals surface area contributed by atoms with Gasteiger partial charge in [0.2, 0.25) is 9.84 Å². The summed E-state index contributed by atoms with van der Waals surface area (Å²) in [5.74, 6) is -1.38. The second-order valence-corrected chi connectivity index (χ2v) is 11.9. The second kappa shape index (κ2) is 10.5. The Morgan fingerprint density at radius 1 is 1.00 bits per heavy atom. The topological polar surface area (TPSA) is 72.3 Å². The molecule has 33 heavy (non-hydrogen) atoms. The molecule has 0 amide bonds. The summed E-state index contributed by atoms with van der Waals surface area (Å²) in [6, 6.07) is 4.41. The number of aromatic nitrogens is 2. The van der Waals surface area contributed by atoms with Gasteiger partial charge in [-0.05, 0) is 75.5 Å². The molecule has 1 atom stereocenters. The Hall–Kier alpha value is -2.06. The van der Waals surface area contributed by atoms with Gasteiger partial charge >= 0.3 is 0 Å². The van der Waals surface area contributed by atoms with Gasteiger partial charge in [0.05, 0.1) is 5.69 Å². The van der Waals surface area contributed by atoms with Gasteiger partial charge in [-0.1, -0.05) is 27.7 Å². The molecule has 0 spiro atoms. The molecule has 1 aromatic heterocycles. The summed E-state index contributed by atoms with van der Waals surface area (Å²) in [5.41, 5.74) is 3.01. The van der Waals surface area contributed by atoms with Crippen LogP contribution in [0.25, 0.3) is 0 Å². The van der Waals surface area contributed by atoms with Crippen LogP contribution in [0.15, 0.2) is 23.2 Å². The van der Waals surface area contributed by atoms with E-state index < -0.39 is 21.4 Å². The number of hydrogen-bond acceptors (Lipinski definition) is 5.